The van der Waals surface area contributed by atoms with Gasteiger partial charge in [-0.25, -0.2) is 4.79 Å². The number of carboxylic acids is 1. The predicted octanol–water partition coefficient (Wildman–Crippen LogP) is 1.41. The first-order chi connectivity index (χ1) is 10.2. The number of hydrogen-bond donors (Lipinski definition) is 2. The lowest BCUT2D eigenvalue weighted by molar-refractivity contribution is -0.143. The van der Waals surface area contributed by atoms with E-state index < -0.39 is 12.0 Å². The van der Waals surface area contributed by atoms with E-state index in [1.807, 2.05) is 18.2 Å². The van der Waals surface area contributed by atoms with Crippen LogP contribution in [0.15, 0.2) is 18.2 Å². The molecule has 0 aromatic heterocycles. The molecule has 1 atom stereocenters. The van der Waals surface area contributed by atoms with Gasteiger partial charge in [0.15, 0.2) is 0 Å². The summed E-state index contributed by atoms with van der Waals surface area (Å²) in [5, 5.41) is 12.6. The minimum atomic E-state index is -0.900. The Morgan fingerprint density at radius 3 is 2.90 bits per heavy atom. The standard InChI is InChI=1S/C16H20N2O3/c19-15(18-8-2-1-3-14(18)16(20)21)12-5-4-11-6-7-17-10-13(11)9-12/h4-5,9,14,17H,1-3,6-8,10H2,(H,20,21). The number of carboxylic acid groups (broad SMARTS) is 1. The van der Waals surface area contributed by atoms with Crippen molar-refractivity contribution in [3.8, 4) is 0 Å². The van der Waals surface area contributed by atoms with Crippen LogP contribution in [0, 0.1) is 0 Å². The third-order valence-electron chi connectivity index (χ3n) is 4.39. The summed E-state index contributed by atoms with van der Waals surface area (Å²) < 4.78 is 0. The van der Waals surface area contributed by atoms with E-state index in [0.29, 0.717) is 18.5 Å². The molecule has 3 rings (SSSR count). The number of carbonyl (C=O) groups is 2. The minimum absolute atomic E-state index is 0.157. The highest BCUT2D eigenvalue weighted by molar-refractivity contribution is 5.97. The van der Waals surface area contributed by atoms with Crippen LogP contribution in [0.2, 0.25) is 0 Å². The second-order valence-corrected chi connectivity index (χ2v) is 5.76. The third-order valence-corrected chi connectivity index (χ3v) is 4.39. The summed E-state index contributed by atoms with van der Waals surface area (Å²) in [4.78, 5) is 25.5. The van der Waals surface area contributed by atoms with Crippen LogP contribution in [0.3, 0.4) is 0 Å². The molecule has 0 radical (unpaired) electrons. The monoisotopic (exact) mass is 288 g/mol. The number of carbonyl (C=O) groups excluding carboxylic acids is 1. The largest absolute Gasteiger partial charge is 0.480 e. The Morgan fingerprint density at radius 1 is 1.24 bits per heavy atom. The smallest absolute Gasteiger partial charge is 0.326 e. The lowest BCUT2D eigenvalue weighted by Gasteiger charge is -2.33. The van der Waals surface area contributed by atoms with E-state index in [-0.39, 0.29) is 5.91 Å². The van der Waals surface area contributed by atoms with Crippen molar-refractivity contribution in [1.29, 1.82) is 0 Å². The first kappa shape index (κ1) is 14.1. The maximum atomic E-state index is 12.6. The van der Waals surface area contributed by atoms with Gasteiger partial charge in [0.05, 0.1) is 0 Å². The molecule has 0 saturated carbocycles. The second-order valence-electron chi connectivity index (χ2n) is 5.76. The van der Waals surface area contributed by atoms with Gasteiger partial charge < -0.3 is 15.3 Å². The van der Waals surface area contributed by atoms with E-state index in [0.717, 1.165) is 37.9 Å². The van der Waals surface area contributed by atoms with Gasteiger partial charge in [-0.2, -0.15) is 0 Å². The molecule has 5 nitrogen and oxygen atoms in total. The van der Waals surface area contributed by atoms with E-state index in [1.54, 1.807) is 0 Å². The van der Waals surface area contributed by atoms with E-state index in [9.17, 15) is 14.7 Å². The number of fused-ring (bicyclic) bond motifs is 1. The topological polar surface area (TPSA) is 69.6 Å². The summed E-state index contributed by atoms with van der Waals surface area (Å²) in [7, 11) is 0. The molecule has 1 unspecified atom stereocenters. The van der Waals surface area contributed by atoms with Crippen molar-refractivity contribution in [2.24, 2.45) is 0 Å². The predicted molar refractivity (Wildman–Crippen MR) is 78.2 cm³/mol. The van der Waals surface area contributed by atoms with Gasteiger partial charge in [-0.1, -0.05) is 6.07 Å². The molecular weight excluding hydrogens is 268 g/mol. The van der Waals surface area contributed by atoms with Gasteiger partial charge >= 0.3 is 5.97 Å². The lowest BCUT2D eigenvalue weighted by Crippen LogP contribution is -2.48. The van der Waals surface area contributed by atoms with E-state index in [1.165, 1.54) is 10.5 Å². The maximum absolute atomic E-state index is 12.6. The molecule has 2 heterocycles. The van der Waals surface area contributed by atoms with Gasteiger partial charge in [0.25, 0.3) is 5.91 Å². The van der Waals surface area contributed by atoms with Gasteiger partial charge in [0, 0.05) is 18.7 Å². The molecule has 112 valence electrons. The van der Waals surface area contributed by atoms with Crippen molar-refractivity contribution < 1.29 is 14.7 Å². The van der Waals surface area contributed by atoms with Crippen molar-refractivity contribution in [2.75, 3.05) is 13.1 Å². The number of nitrogens with one attached hydrogen (secondary N) is 1. The fourth-order valence-corrected chi connectivity index (χ4v) is 3.21. The van der Waals surface area contributed by atoms with Crippen LogP contribution >= 0.6 is 0 Å². The highest BCUT2D eigenvalue weighted by Crippen LogP contribution is 2.22. The summed E-state index contributed by atoms with van der Waals surface area (Å²) >= 11 is 0. The van der Waals surface area contributed by atoms with Crippen LogP contribution < -0.4 is 5.32 Å². The van der Waals surface area contributed by atoms with E-state index >= 15 is 0 Å². The molecular formula is C16H20N2O3. The highest BCUT2D eigenvalue weighted by atomic mass is 16.4. The van der Waals surface area contributed by atoms with E-state index in [4.69, 9.17) is 0 Å². The van der Waals surface area contributed by atoms with Crippen molar-refractivity contribution in [1.82, 2.24) is 10.2 Å². The Labute approximate surface area is 123 Å². The van der Waals surface area contributed by atoms with Crippen LogP contribution in [-0.4, -0.2) is 41.0 Å². The molecule has 0 spiro atoms. The molecule has 0 bridgehead atoms. The molecule has 2 N–H and O–H groups in total. The zero-order valence-electron chi connectivity index (χ0n) is 12.0. The first-order valence-electron chi connectivity index (χ1n) is 7.53. The number of piperidine rings is 1. The number of aliphatic carboxylic acids is 1. The van der Waals surface area contributed by atoms with Gasteiger partial charge in [0.1, 0.15) is 6.04 Å². The van der Waals surface area contributed by atoms with Crippen LogP contribution in [0.5, 0.6) is 0 Å². The number of amides is 1. The van der Waals surface area contributed by atoms with Crippen LogP contribution in [0.25, 0.3) is 0 Å². The molecule has 21 heavy (non-hydrogen) atoms. The molecule has 1 aromatic rings. The van der Waals surface area contributed by atoms with Gasteiger partial charge in [-0.05, 0) is 55.5 Å². The Bertz CT molecular complexity index is 571. The number of hydrogen-bond acceptors (Lipinski definition) is 3. The molecule has 2 aliphatic rings. The number of nitrogens with zero attached hydrogens (tertiary/aromatic N) is 1. The van der Waals surface area contributed by atoms with Crippen LogP contribution in [-0.2, 0) is 17.8 Å². The maximum Gasteiger partial charge on any atom is 0.326 e. The minimum Gasteiger partial charge on any atom is -0.480 e. The van der Waals surface area contributed by atoms with E-state index in [2.05, 4.69) is 5.32 Å². The van der Waals surface area contributed by atoms with Crippen molar-refractivity contribution in [2.45, 2.75) is 38.3 Å². The Hall–Kier alpha value is -1.88. The number of benzene rings is 1. The summed E-state index contributed by atoms with van der Waals surface area (Å²) in [6.07, 6.45) is 3.27. The SMILES string of the molecule is O=C(O)C1CCCCN1C(=O)c1ccc2c(c1)CNCC2. The van der Waals surface area contributed by atoms with Gasteiger partial charge in [-0.15, -0.1) is 0 Å². The Balaban J connectivity index is 1.85. The average molecular weight is 288 g/mol. The number of likely N-dealkylation sites (tertiary alicyclic amines) is 1. The highest BCUT2D eigenvalue weighted by Gasteiger charge is 2.32. The molecule has 5 heteroatoms. The second kappa shape index (κ2) is 5.85. The van der Waals surface area contributed by atoms with Crippen molar-refractivity contribution in [3.05, 3.63) is 34.9 Å². The van der Waals surface area contributed by atoms with Crippen molar-refractivity contribution >= 4 is 11.9 Å². The summed E-state index contributed by atoms with van der Waals surface area (Å²) in [5.74, 6) is -1.06. The fraction of sp³-hybridized carbons (Fsp3) is 0.500. The molecule has 1 fully saturated rings. The fourth-order valence-electron chi connectivity index (χ4n) is 3.21. The summed E-state index contributed by atoms with van der Waals surface area (Å²) in [6, 6.07) is 5.07. The normalized spacial score (nSPS) is 21.7. The molecule has 1 amide bonds. The zero-order valence-corrected chi connectivity index (χ0v) is 12.0. The zero-order chi connectivity index (χ0) is 14.8. The van der Waals surface area contributed by atoms with Crippen molar-refractivity contribution in [3.63, 3.8) is 0 Å². The molecule has 1 aromatic carbocycles. The lowest BCUT2D eigenvalue weighted by atomic mass is 9.96. The summed E-state index contributed by atoms with van der Waals surface area (Å²) in [5.41, 5.74) is 3.03. The first-order valence-corrected chi connectivity index (χ1v) is 7.53. The van der Waals surface area contributed by atoms with Crippen LogP contribution in [0.4, 0.5) is 0 Å². The Kier molecular flexibility index (Phi) is 3.92. The van der Waals surface area contributed by atoms with Gasteiger partial charge in [-0.3, -0.25) is 4.79 Å². The third kappa shape index (κ3) is 2.78. The quantitative estimate of drug-likeness (QED) is 0.863. The number of rotatable bonds is 2. The van der Waals surface area contributed by atoms with Gasteiger partial charge in [0.2, 0.25) is 0 Å². The Morgan fingerprint density at radius 2 is 2.10 bits per heavy atom. The molecule has 2 aliphatic heterocycles. The summed E-state index contributed by atoms with van der Waals surface area (Å²) in [6.45, 7) is 2.28. The molecule has 1 saturated heterocycles. The average Bonchev–Trinajstić information content (AvgIpc) is 2.53. The van der Waals surface area contributed by atoms with Crippen LogP contribution in [0.1, 0.15) is 40.7 Å². The molecule has 0 aliphatic carbocycles.